The molecule has 0 aromatic heterocycles. The molecule has 0 radical (unpaired) electrons. The predicted octanol–water partition coefficient (Wildman–Crippen LogP) is 3.74. The van der Waals surface area contributed by atoms with Gasteiger partial charge in [-0.05, 0) is 51.3 Å². The van der Waals surface area contributed by atoms with E-state index in [2.05, 4.69) is 55.3 Å². The lowest BCUT2D eigenvalue weighted by molar-refractivity contribution is 0.483. The van der Waals surface area contributed by atoms with E-state index in [-0.39, 0.29) is 0 Å². The van der Waals surface area contributed by atoms with Crippen LogP contribution in [0.5, 0.6) is 0 Å². The summed E-state index contributed by atoms with van der Waals surface area (Å²) in [5, 5.41) is 3.74. The first-order valence-corrected chi connectivity index (χ1v) is 7.77. The van der Waals surface area contributed by atoms with Gasteiger partial charge in [0.15, 0.2) is 0 Å². The van der Waals surface area contributed by atoms with Gasteiger partial charge in [0.25, 0.3) is 0 Å². The van der Waals surface area contributed by atoms with Crippen LogP contribution in [-0.4, -0.2) is 25.2 Å². The van der Waals surface area contributed by atoms with Gasteiger partial charge in [0.05, 0.1) is 0 Å². The first-order chi connectivity index (χ1) is 9.20. The Balaban J connectivity index is 1.92. The van der Waals surface area contributed by atoms with Crippen molar-refractivity contribution in [3.63, 3.8) is 0 Å². The number of aryl methyl sites for hydroxylation is 1. The summed E-state index contributed by atoms with van der Waals surface area (Å²) >= 11 is 0. The minimum atomic E-state index is 0.549. The number of anilines is 1. The lowest BCUT2D eigenvalue weighted by atomic mass is 10.1. The second kappa shape index (κ2) is 6.95. The molecule has 0 spiro atoms. The van der Waals surface area contributed by atoms with E-state index < -0.39 is 0 Å². The average Bonchev–Trinajstić information content (AvgIpc) is 2.90. The SMILES string of the molecule is CCN(c1cccc(C)c1)C(C)CNC1CCCC1. The fourth-order valence-electron chi connectivity index (χ4n) is 3.13. The Morgan fingerprint density at radius 3 is 2.68 bits per heavy atom. The van der Waals surface area contributed by atoms with Crippen LogP contribution >= 0.6 is 0 Å². The van der Waals surface area contributed by atoms with Gasteiger partial charge in [-0.3, -0.25) is 0 Å². The van der Waals surface area contributed by atoms with Crippen LogP contribution in [0.15, 0.2) is 24.3 Å². The summed E-state index contributed by atoms with van der Waals surface area (Å²) in [5.41, 5.74) is 2.69. The fourth-order valence-corrected chi connectivity index (χ4v) is 3.13. The number of benzene rings is 1. The van der Waals surface area contributed by atoms with Crippen molar-refractivity contribution in [3.8, 4) is 0 Å². The summed E-state index contributed by atoms with van der Waals surface area (Å²) in [6.07, 6.45) is 5.54. The summed E-state index contributed by atoms with van der Waals surface area (Å²) in [6, 6.07) is 10.1. The van der Waals surface area contributed by atoms with Crippen LogP contribution in [-0.2, 0) is 0 Å². The molecule has 0 aliphatic heterocycles. The van der Waals surface area contributed by atoms with E-state index in [1.54, 1.807) is 0 Å². The molecule has 2 nitrogen and oxygen atoms in total. The molecule has 106 valence electrons. The number of nitrogens with one attached hydrogen (secondary N) is 1. The van der Waals surface area contributed by atoms with Crippen molar-refractivity contribution >= 4 is 5.69 Å². The van der Waals surface area contributed by atoms with Gasteiger partial charge in [-0.2, -0.15) is 0 Å². The Kier molecular flexibility index (Phi) is 5.26. The fraction of sp³-hybridized carbons (Fsp3) is 0.647. The Bertz CT molecular complexity index is 383. The van der Waals surface area contributed by atoms with E-state index in [0.29, 0.717) is 6.04 Å². The molecular formula is C17H28N2. The average molecular weight is 260 g/mol. The second-order valence-corrected chi connectivity index (χ2v) is 5.86. The minimum Gasteiger partial charge on any atom is -0.368 e. The van der Waals surface area contributed by atoms with Crippen molar-refractivity contribution in [3.05, 3.63) is 29.8 Å². The second-order valence-electron chi connectivity index (χ2n) is 5.86. The normalized spacial score (nSPS) is 17.6. The summed E-state index contributed by atoms with van der Waals surface area (Å²) in [6.45, 7) is 8.89. The van der Waals surface area contributed by atoms with Crippen LogP contribution in [0.25, 0.3) is 0 Å². The number of likely N-dealkylation sites (N-methyl/N-ethyl adjacent to an activating group) is 1. The highest BCUT2D eigenvalue weighted by molar-refractivity contribution is 5.49. The summed E-state index contributed by atoms with van der Waals surface area (Å²) < 4.78 is 0. The van der Waals surface area contributed by atoms with Gasteiger partial charge in [-0.1, -0.05) is 25.0 Å². The third-order valence-corrected chi connectivity index (χ3v) is 4.26. The van der Waals surface area contributed by atoms with Crippen molar-refractivity contribution in [1.82, 2.24) is 5.32 Å². The largest absolute Gasteiger partial charge is 0.368 e. The number of hydrogen-bond donors (Lipinski definition) is 1. The Hall–Kier alpha value is -1.02. The zero-order chi connectivity index (χ0) is 13.7. The minimum absolute atomic E-state index is 0.549. The van der Waals surface area contributed by atoms with E-state index in [1.807, 2.05) is 0 Å². The molecule has 0 amide bonds. The first-order valence-electron chi connectivity index (χ1n) is 7.77. The van der Waals surface area contributed by atoms with Crippen molar-refractivity contribution in [2.24, 2.45) is 0 Å². The van der Waals surface area contributed by atoms with E-state index in [1.165, 1.54) is 36.9 Å². The Morgan fingerprint density at radius 2 is 2.05 bits per heavy atom. The van der Waals surface area contributed by atoms with E-state index in [9.17, 15) is 0 Å². The molecule has 1 saturated carbocycles. The van der Waals surface area contributed by atoms with Crippen LogP contribution in [0.4, 0.5) is 5.69 Å². The predicted molar refractivity (Wildman–Crippen MR) is 83.9 cm³/mol. The lowest BCUT2D eigenvalue weighted by Gasteiger charge is -2.31. The molecule has 1 aromatic carbocycles. The molecule has 1 aromatic rings. The molecule has 1 unspecified atom stereocenters. The topological polar surface area (TPSA) is 15.3 Å². The van der Waals surface area contributed by atoms with Gasteiger partial charge in [-0.25, -0.2) is 0 Å². The Morgan fingerprint density at radius 1 is 1.32 bits per heavy atom. The van der Waals surface area contributed by atoms with Crippen LogP contribution in [0.3, 0.4) is 0 Å². The maximum Gasteiger partial charge on any atom is 0.0386 e. The molecule has 1 aliphatic carbocycles. The standard InChI is InChI=1S/C17H28N2/c1-4-19(17-11-7-8-14(2)12-17)15(3)13-18-16-9-5-6-10-16/h7-8,11-12,15-16,18H,4-6,9-10,13H2,1-3H3. The summed E-state index contributed by atoms with van der Waals surface area (Å²) in [7, 11) is 0. The van der Waals surface area contributed by atoms with Crippen molar-refractivity contribution in [2.45, 2.75) is 58.5 Å². The maximum atomic E-state index is 3.74. The highest BCUT2D eigenvalue weighted by atomic mass is 15.2. The molecule has 1 fully saturated rings. The molecule has 2 heteroatoms. The molecule has 1 N–H and O–H groups in total. The number of rotatable bonds is 6. The van der Waals surface area contributed by atoms with Gasteiger partial charge in [0.1, 0.15) is 0 Å². The third-order valence-electron chi connectivity index (χ3n) is 4.26. The summed E-state index contributed by atoms with van der Waals surface area (Å²) in [4.78, 5) is 2.49. The number of nitrogens with zero attached hydrogens (tertiary/aromatic N) is 1. The maximum absolute atomic E-state index is 3.74. The highest BCUT2D eigenvalue weighted by Gasteiger charge is 2.17. The van der Waals surface area contributed by atoms with Crippen molar-refractivity contribution < 1.29 is 0 Å². The zero-order valence-corrected chi connectivity index (χ0v) is 12.7. The van der Waals surface area contributed by atoms with Crippen LogP contribution in [0.2, 0.25) is 0 Å². The van der Waals surface area contributed by atoms with Gasteiger partial charge in [0, 0.05) is 30.9 Å². The zero-order valence-electron chi connectivity index (χ0n) is 12.7. The molecule has 2 rings (SSSR count). The smallest absolute Gasteiger partial charge is 0.0386 e. The molecule has 0 bridgehead atoms. The molecule has 19 heavy (non-hydrogen) atoms. The number of hydrogen-bond acceptors (Lipinski definition) is 2. The van der Waals surface area contributed by atoms with Crippen molar-refractivity contribution in [1.29, 1.82) is 0 Å². The van der Waals surface area contributed by atoms with Gasteiger partial charge < -0.3 is 10.2 Å². The molecular weight excluding hydrogens is 232 g/mol. The molecule has 1 aliphatic rings. The van der Waals surface area contributed by atoms with Crippen LogP contribution in [0.1, 0.15) is 45.1 Å². The van der Waals surface area contributed by atoms with Crippen LogP contribution in [0, 0.1) is 6.92 Å². The quantitative estimate of drug-likeness (QED) is 0.838. The lowest BCUT2D eigenvalue weighted by Crippen LogP contribution is -2.43. The molecule has 0 saturated heterocycles. The molecule has 1 atom stereocenters. The Labute approximate surface area is 118 Å². The van der Waals surface area contributed by atoms with Gasteiger partial charge in [0.2, 0.25) is 0 Å². The first kappa shape index (κ1) is 14.4. The van der Waals surface area contributed by atoms with Crippen molar-refractivity contribution in [2.75, 3.05) is 18.0 Å². The summed E-state index contributed by atoms with van der Waals surface area (Å²) in [5.74, 6) is 0. The van der Waals surface area contributed by atoms with Gasteiger partial charge in [-0.15, -0.1) is 0 Å². The van der Waals surface area contributed by atoms with E-state index >= 15 is 0 Å². The van der Waals surface area contributed by atoms with Gasteiger partial charge >= 0.3 is 0 Å². The molecule has 0 heterocycles. The third kappa shape index (κ3) is 3.97. The van der Waals surface area contributed by atoms with E-state index in [0.717, 1.165) is 19.1 Å². The van der Waals surface area contributed by atoms with E-state index in [4.69, 9.17) is 0 Å². The van der Waals surface area contributed by atoms with Crippen LogP contribution < -0.4 is 10.2 Å². The highest BCUT2D eigenvalue weighted by Crippen LogP contribution is 2.20. The monoisotopic (exact) mass is 260 g/mol.